The van der Waals surface area contributed by atoms with Crippen LogP contribution >= 0.6 is 0 Å². The smallest absolute Gasteiger partial charge is 0.224 e. The first kappa shape index (κ1) is 15.0. The lowest BCUT2D eigenvalue weighted by molar-refractivity contribution is 0.142. The average molecular weight is 276 g/mol. The Bertz CT molecular complexity index is 485. The highest BCUT2D eigenvalue weighted by Crippen LogP contribution is 2.21. The number of rotatable bonds is 2. The van der Waals surface area contributed by atoms with Crippen molar-refractivity contribution in [3.63, 3.8) is 0 Å². The molecule has 1 aliphatic carbocycles. The third-order valence-electron chi connectivity index (χ3n) is 3.63. The molecule has 0 bridgehead atoms. The van der Waals surface area contributed by atoms with Gasteiger partial charge in [-0.3, -0.25) is 0 Å². The largest absolute Gasteiger partial charge is 0.438 e. The number of hydrogen-bond donors (Lipinski definition) is 2. The molecule has 1 aromatic heterocycles. The molecule has 0 amide bonds. The molecule has 0 radical (unpaired) electrons. The molecule has 2 aromatic rings. The zero-order chi connectivity index (χ0) is 14.4. The Morgan fingerprint density at radius 3 is 2.55 bits per heavy atom. The minimum atomic E-state index is -0.590. The van der Waals surface area contributed by atoms with E-state index < -0.39 is 6.10 Å². The number of fused-ring (bicyclic) bond motifs is 1. The van der Waals surface area contributed by atoms with E-state index in [0.29, 0.717) is 18.4 Å². The molecule has 1 fully saturated rings. The summed E-state index contributed by atoms with van der Waals surface area (Å²) in [5, 5.41) is 9.47. The summed E-state index contributed by atoms with van der Waals surface area (Å²) in [6.07, 6.45) is 6.69. The predicted molar refractivity (Wildman–Crippen MR) is 80.3 cm³/mol. The molecule has 0 aliphatic heterocycles. The fourth-order valence-electron chi connectivity index (χ4n) is 2.34. The molecule has 1 unspecified atom stereocenters. The van der Waals surface area contributed by atoms with Crippen molar-refractivity contribution in [2.45, 2.75) is 57.6 Å². The van der Waals surface area contributed by atoms with E-state index in [1.807, 2.05) is 31.2 Å². The maximum Gasteiger partial charge on any atom is 0.224 e. The number of nitrogens with zero attached hydrogens (tertiary/aromatic N) is 1. The molecule has 1 heterocycles. The molecule has 20 heavy (non-hydrogen) atoms. The third kappa shape index (κ3) is 4.05. The molecule has 4 nitrogen and oxygen atoms in total. The molecule has 1 aromatic carbocycles. The van der Waals surface area contributed by atoms with Gasteiger partial charge in [-0.2, -0.15) is 0 Å². The lowest BCUT2D eigenvalue weighted by atomic mass is 9.97. The topological polar surface area (TPSA) is 72.3 Å². The second-order valence-corrected chi connectivity index (χ2v) is 5.34. The third-order valence-corrected chi connectivity index (χ3v) is 3.63. The Balaban J connectivity index is 0.000000178. The molecule has 0 spiro atoms. The van der Waals surface area contributed by atoms with Crippen molar-refractivity contribution in [1.82, 2.24) is 4.98 Å². The molecular formula is C16H24N2O2. The molecular weight excluding hydrogens is 252 g/mol. The van der Waals surface area contributed by atoms with Gasteiger partial charge in [-0.1, -0.05) is 38.3 Å². The van der Waals surface area contributed by atoms with Gasteiger partial charge in [-0.15, -0.1) is 0 Å². The van der Waals surface area contributed by atoms with Gasteiger partial charge in [0.15, 0.2) is 5.58 Å². The molecule has 1 saturated carbocycles. The summed E-state index contributed by atoms with van der Waals surface area (Å²) in [7, 11) is 0. The van der Waals surface area contributed by atoms with Gasteiger partial charge in [0.1, 0.15) is 11.6 Å². The van der Waals surface area contributed by atoms with Crippen molar-refractivity contribution in [1.29, 1.82) is 0 Å². The Morgan fingerprint density at radius 1 is 1.30 bits per heavy atom. The second kappa shape index (κ2) is 7.41. The number of aliphatic hydroxyl groups excluding tert-OH is 1. The number of benzene rings is 1. The zero-order valence-electron chi connectivity index (χ0n) is 12.1. The van der Waals surface area contributed by atoms with E-state index in [-0.39, 0.29) is 0 Å². The highest BCUT2D eigenvalue weighted by molar-refractivity contribution is 5.72. The van der Waals surface area contributed by atoms with E-state index in [0.717, 1.165) is 11.1 Å². The first-order valence-corrected chi connectivity index (χ1v) is 7.49. The van der Waals surface area contributed by atoms with E-state index in [1.54, 1.807) is 0 Å². The molecule has 1 aliphatic rings. The number of oxazole rings is 1. The number of para-hydroxylation sites is 2. The van der Waals surface area contributed by atoms with Crippen LogP contribution in [0.25, 0.3) is 11.1 Å². The summed E-state index contributed by atoms with van der Waals surface area (Å²) in [6.45, 7) is 1.89. The maximum atomic E-state index is 9.47. The molecule has 1 atom stereocenters. The van der Waals surface area contributed by atoms with Crippen LogP contribution in [-0.4, -0.2) is 16.1 Å². The molecule has 4 heteroatoms. The Labute approximate surface area is 120 Å². The summed E-state index contributed by atoms with van der Waals surface area (Å²) >= 11 is 0. The molecule has 0 saturated heterocycles. The van der Waals surface area contributed by atoms with E-state index in [4.69, 9.17) is 10.2 Å². The highest BCUT2D eigenvalue weighted by Gasteiger charge is 2.12. The van der Waals surface area contributed by atoms with Gasteiger partial charge in [0.05, 0.1) is 0 Å². The highest BCUT2D eigenvalue weighted by atomic mass is 16.4. The van der Waals surface area contributed by atoms with Crippen LogP contribution in [0.5, 0.6) is 0 Å². The monoisotopic (exact) mass is 276 g/mol. The van der Waals surface area contributed by atoms with E-state index in [1.165, 1.54) is 32.1 Å². The van der Waals surface area contributed by atoms with Gasteiger partial charge < -0.3 is 15.3 Å². The van der Waals surface area contributed by atoms with Crippen molar-refractivity contribution in [3.05, 3.63) is 30.2 Å². The fourth-order valence-corrected chi connectivity index (χ4v) is 2.34. The normalized spacial score (nSPS) is 17.6. The summed E-state index contributed by atoms with van der Waals surface area (Å²) in [5.74, 6) is 0.406. The van der Waals surface area contributed by atoms with Crippen molar-refractivity contribution in [2.75, 3.05) is 0 Å². The first-order chi connectivity index (χ1) is 9.70. The predicted octanol–water partition coefficient (Wildman–Crippen LogP) is 3.55. The fraction of sp³-hybridized carbons (Fsp3) is 0.562. The van der Waals surface area contributed by atoms with Crippen molar-refractivity contribution < 1.29 is 9.52 Å². The van der Waals surface area contributed by atoms with Crippen LogP contribution in [0.2, 0.25) is 0 Å². The lowest BCUT2D eigenvalue weighted by Gasteiger charge is -2.15. The number of aromatic nitrogens is 1. The second-order valence-electron chi connectivity index (χ2n) is 5.34. The van der Waals surface area contributed by atoms with Gasteiger partial charge in [0, 0.05) is 6.04 Å². The Morgan fingerprint density at radius 2 is 2.00 bits per heavy atom. The standard InChI is InChI=1S/C10H11NO2.C6H13N/c1-2-8(12)10-11-7-5-3-4-6-9(7)13-10;7-6-4-2-1-3-5-6/h3-6,8,12H,2H2,1H3;6H,1-5,7H2. The number of nitrogens with two attached hydrogens (primary N) is 1. The van der Waals surface area contributed by atoms with Crippen LogP contribution in [0.15, 0.2) is 28.7 Å². The average Bonchev–Trinajstić information content (AvgIpc) is 2.92. The zero-order valence-corrected chi connectivity index (χ0v) is 12.1. The van der Waals surface area contributed by atoms with Gasteiger partial charge in [-0.05, 0) is 31.4 Å². The van der Waals surface area contributed by atoms with Crippen molar-refractivity contribution in [3.8, 4) is 0 Å². The number of hydrogen-bond acceptors (Lipinski definition) is 4. The minimum Gasteiger partial charge on any atom is -0.438 e. The Kier molecular flexibility index (Phi) is 5.56. The van der Waals surface area contributed by atoms with Crippen molar-refractivity contribution in [2.24, 2.45) is 5.73 Å². The quantitative estimate of drug-likeness (QED) is 0.879. The lowest BCUT2D eigenvalue weighted by Crippen LogP contribution is -2.22. The summed E-state index contributed by atoms with van der Waals surface area (Å²) < 4.78 is 5.36. The SMILES string of the molecule is CCC(O)c1nc2ccccc2o1.NC1CCCCC1. The van der Waals surface area contributed by atoms with E-state index >= 15 is 0 Å². The van der Waals surface area contributed by atoms with Crippen LogP contribution in [0, 0.1) is 0 Å². The van der Waals surface area contributed by atoms with Crippen LogP contribution in [0.1, 0.15) is 57.4 Å². The van der Waals surface area contributed by atoms with Crippen LogP contribution in [-0.2, 0) is 0 Å². The van der Waals surface area contributed by atoms with Crippen LogP contribution in [0.3, 0.4) is 0 Å². The summed E-state index contributed by atoms with van der Waals surface area (Å²) in [4.78, 5) is 4.17. The molecule has 3 N–H and O–H groups in total. The van der Waals surface area contributed by atoms with Gasteiger partial charge >= 0.3 is 0 Å². The summed E-state index contributed by atoms with van der Waals surface area (Å²) in [5.41, 5.74) is 7.16. The summed E-state index contributed by atoms with van der Waals surface area (Å²) in [6, 6.07) is 8.02. The van der Waals surface area contributed by atoms with Crippen LogP contribution < -0.4 is 5.73 Å². The maximum absolute atomic E-state index is 9.47. The van der Waals surface area contributed by atoms with E-state index in [2.05, 4.69) is 4.98 Å². The van der Waals surface area contributed by atoms with Gasteiger partial charge in [0.25, 0.3) is 0 Å². The number of aliphatic hydroxyl groups is 1. The minimum absolute atomic E-state index is 0.406. The van der Waals surface area contributed by atoms with Crippen molar-refractivity contribution >= 4 is 11.1 Å². The Hall–Kier alpha value is -1.39. The van der Waals surface area contributed by atoms with E-state index in [9.17, 15) is 5.11 Å². The van der Waals surface area contributed by atoms with Crippen LogP contribution in [0.4, 0.5) is 0 Å². The van der Waals surface area contributed by atoms with Gasteiger partial charge in [-0.25, -0.2) is 4.98 Å². The molecule has 3 rings (SSSR count). The van der Waals surface area contributed by atoms with Gasteiger partial charge in [0.2, 0.25) is 5.89 Å². The molecule has 110 valence electrons. The first-order valence-electron chi connectivity index (χ1n) is 7.49.